The summed E-state index contributed by atoms with van der Waals surface area (Å²) in [6.45, 7) is 3.92. The second kappa shape index (κ2) is 9.20. The first-order chi connectivity index (χ1) is 9.13. The van der Waals surface area contributed by atoms with Crippen molar-refractivity contribution in [2.75, 3.05) is 24.7 Å². The van der Waals surface area contributed by atoms with Crippen molar-refractivity contribution in [1.29, 1.82) is 0 Å². The summed E-state index contributed by atoms with van der Waals surface area (Å²) in [6.07, 6.45) is 2.26. The Bertz CT molecular complexity index is 287. The molecule has 110 valence electrons. The quantitative estimate of drug-likeness (QED) is 0.722. The number of hydrogen-bond acceptors (Lipinski definition) is 6. The van der Waals surface area contributed by atoms with Gasteiger partial charge >= 0.3 is 11.9 Å². The Morgan fingerprint density at radius 2 is 2.21 bits per heavy atom. The second-order valence-electron chi connectivity index (χ2n) is 4.49. The third kappa shape index (κ3) is 6.82. The van der Waals surface area contributed by atoms with E-state index >= 15 is 0 Å². The average Bonchev–Trinajstić information content (AvgIpc) is 2.38. The van der Waals surface area contributed by atoms with Gasteiger partial charge in [0.1, 0.15) is 0 Å². The van der Waals surface area contributed by atoms with Crippen LogP contribution in [0.1, 0.15) is 33.1 Å². The van der Waals surface area contributed by atoms with E-state index in [0.717, 1.165) is 18.6 Å². The molecule has 1 fully saturated rings. The lowest BCUT2D eigenvalue weighted by molar-refractivity contribution is -0.182. The minimum atomic E-state index is -0.553. The molecule has 1 saturated heterocycles. The van der Waals surface area contributed by atoms with Gasteiger partial charge in [-0.15, -0.1) is 0 Å². The van der Waals surface area contributed by atoms with Crippen LogP contribution < -0.4 is 0 Å². The summed E-state index contributed by atoms with van der Waals surface area (Å²) in [7, 11) is 0. The summed E-state index contributed by atoms with van der Waals surface area (Å²) in [5.74, 6) is 0.571. The Kier molecular flexibility index (Phi) is 7.90. The van der Waals surface area contributed by atoms with Gasteiger partial charge in [0, 0.05) is 0 Å². The van der Waals surface area contributed by atoms with E-state index in [1.807, 2.05) is 6.92 Å². The van der Waals surface area contributed by atoms with Gasteiger partial charge in [-0.3, -0.25) is 4.79 Å². The van der Waals surface area contributed by atoms with E-state index < -0.39 is 12.3 Å². The predicted octanol–water partition coefficient (Wildman–Crippen LogP) is 1.99. The molecule has 1 heterocycles. The van der Waals surface area contributed by atoms with E-state index in [0.29, 0.717) is 18.8 Å². The highest BCUT2D eigenvalue weighted by molar-refractivity contribution is 7.99. The van der Waals surface area contributed by atoms with Gasteiger partial charge in [0.25, 0.3) is 0 Å². The van der Waals surface area contributed by atoms with E-state index in [1.165, 1.54) is 0 Å². The van der Waals surface area contributed by atoms with Gasteiger partial charge < -0.3 is 14.2 Å². The fourth-order valence-corrected chi connectivity index (χ4v) is 2.37. The van der Waals surface area contributed by atoms with Gasteiger partial charge in [0.05, 0.1) is 18.3 Å². The van der Waals surface area contributed by atoms with Crippen LogP contribution in [0.2, 0.25) is 0 Å². The molecule has 0 aromatic rings. The predicted molar refractivity (Wildman–Crippen MR) is 72.8 cm³/mol. The number of rotatable bonds is 5. The number of carbonyl (C=O) groups is 2. The number of thioether (sulfide) groups is 1. The smallest absolute Gasteiger partial charge is 0.346 e. The Morgan fingerprint density at radius 3 is 2.95 bits per heavy atom. The third-order valence-corrected chi connectivity index (χ3v) is 3.94. The third-order valence-electron chi connectivity index (χ3n) is 2.85. The molecule has 0 bridgehead atoms. The summed E-state index contributed by atoms with van der Waals surface area (Å²) < 4.78 is 15.4. The SMILES string of the molecule is CCC(C)C(=O)OCC(=O)OC1CSCCCCO1. The van der Waals surface area contributed by atoms with Crippen LogP contribution in [0.25, 0.3) is 0 Å². The summed E-state index contributed by atoms with van der Waals surface area (Å²) >= 11 is 1.70. The van der Waals surface area contributed by atoms with E-state index in [-0.39, 0.29) is 18.5 Å². The van der Waals surface area contributed by atoms with Crippen molar-refractivity contribution < 1.29 is 23.8 Å². The maximum atomic E-state index is 11.5. The zero-order chi connectivity index (χ0) is 14.1. The summed E-state index contributed by atoms with van der Waals surface area (Å²) in [5.41, 5.74) is 0. The summed E-state index contributed by atoms with van der Waals surface area (Å²) in [4.78, 5) is 22.9. The summed E-state index contributed by atoms with van der Waals surface area (Å²) in [5, 5.41) is 0. The lowest BCUT2D eigenvalue weighted by Crippen LogP contribution is -2.29. The van der Waals surface area contributed by atoms with E-state index in [2.05, 4.69) is 0 Å². The van der Waals surface area contributed by atoms with Crippen molar-refractivity contribution in [2.45, 2.75) is 39.4 Å². The zero-order valence-electron chi connectivity index (χ0n) is 11.6. The molecule has 6 heteroatoms. The molecule has 1 rings (SSSR count). The molecule has 1 aliphatic rings. The molecule has 2 unspecified atom stereocenters. The van der Waals surface area contributed by atoms with Crippen molar-refractivity contribution in [3.63, 3.8) is 0 Å². The molecule has 0 N–H and O–H groups in total. The van der Waals surface area contributed by atoms with Gasteiger partial charge in [0.15, 0.2) is 6.61 Å². The normalized spacial score (nSPS) is 21.9. The Hall–Kier alpha value is -0.750. The molecule has 0 amide bonds. The fourth-order valence-electron chi connectivity index (χ4n) is 1.44. The highest BCUT2D eigenvalue weighted by Gasteiger charge is 2.19. The molecule has 1 aliphatic heterocycles. The van der Waals surface area contributed by atoms with E-state index in [1.54, 1.807) is 18.7 Å². The highest BCUT2D eigenvalue weighted by atomic mass is 32.2. The van der Waals surface area contributed by atoms with Crippen molar-refractivity contribution >= 4 is 23.7 Å². The number of hydrogen-bond donors (Lipinski definition) is 0. The number of esters is 2. The standard InChI is InChI=1S/C13H22O5S/c1-3-10(2)13(15)17-8-11(14)18-12-9-19-7-5-4-6-16-12/h10,12H,3-9H2,1-2H3. The molecule has 2 atom stereocenters. The average molecular weight is 290 g/mol. The number of ether oxygens (including phenoxy) is 3. The van der Waals surface area contributed by atoms with Crippen LogP contribution in [0.5, 0.6) is 0 Å². The van der Waals surface area contributed by atoms with Gasteiger partial charge in [0.2, 0.25) is 6.29 Å². The Morgan fingerprint density at radius 1 is 1.42 bits per heavy atom. The van der Waals surface area contributed by atoms with Gasteiger partial charge in [-0.2, -0.15) is 11.8 Å². The first kappa shape index (κ1) is 16.3. The molecule has 0 aliphatic carbocycles. The van der Waals surface area contributed by atoms with Crippen LogP contribution in [-0.4, -0.2) is 42.9 Å². The maximum absolute atomic E-state index is 11.5. The van der Waals surface area contributed by atoms with Crippen molar-refractivity contribution in [3.8, 4) is 0 Å². The first-order valence-corrected chi connectivity index (χ1v) is 7.84. The maximum Gasteiger partial charge on any atom is 0.346 e. The molecule has 5 nitrogen and oxygen atoms in total. The molecule has 0 saturated carbocycles. The van der Waals surface area contributed by atoms with Crippen LogP contribution in [0.3, 0.4) is 0 Å². The topological polar surface area (TPSA) is 61.8 Å². The van der Waals surface area contributed by atoms with E-state index in [4.69, 9.17) is 14.2 Å². The Balaban J connectivity index is 2.23. The highest BCUT2D eigenvalue weighted by Crippen LogP contribution is 2.14. The minimum Gasteiger partial charge on any atom is -0.453 e. The summed E-state index contributed by atoms with van der Waals surface area (Å²) in [6, 6.07) is 0. The lowest BCUT2D eigenvalue weighted by Gasteiger charge is -2.20. The molecule has 0 radical (unpaired) electrons. The van der Waals surface area contributed by atoms with Gasteiger partial charge in [-0.1, -0.05) is 13.8 Å². The van der Waals surface area contributed by atoms with Crippen LogP contribution in [0, 0.1) is 5.92 Å². The molecular weight excluding hydrogens is 268 g/mol. The van der Waals surface area contributed by atoms with Crippen LogP contribution in [0.15, 0.2) is 0 Å². The van der Waals surface area contributed by atoms with Crippen LogP contribution in [0.4, 0.5) is 0 Å². The van der Waals surface area contributed by atoms with Crippen LogP contribution >= 0.6 is 11.8 Å². The monoisotopic (exact) mass is 290 g/mol. The molecule has 0 aromatic carbocycles. The second-order valence-corrected chi connectivity index (χ2v) is 5.64. The fraction of sp³-hybridized carbons (Fsp3) is 0.846. The first-order valence-electron chi connectivity index (χ1n) is 6.69. The van der Waals surface area contributed by atoms with Crippen LogP contribution in [-0.2, 0) is 23.8 Å². The molecule has 19 heavy (non-hydrogen) atoms. The largest absolute Gasteiger partial charge is 0.453 e. The van der Waals surface area contributed by atoms with E-state index in [9.17, 15) is 9.59 Å². The van der Waals surface area contributed by atoms with Crippen molar-refractivity contribution in [2.24, 2.45) is 5.92 Å². The van der Waals surface area contributed by atoms with Crippen molar-refractivity contribution in [1.82, 2.24) is 0 Å². The minimum absolute atomic E-state index is 0.194. The Labute approximate surface area is 118 Å². The molecular formula is C13H22O5S. The molecule has 0 spiro atoms. The van der Waals surface area contributed by atoms with Crippen molar-refractivity contribution in [3.05, 3.63) is 0 Å². The van der Waals surface area contributed by atoms with Gasteiger partial charge in [-0.05, 0) is 25.0 Å². The number of carbonyl (C=O) groups excluding carboxylic acids is 2. The lowest BCUT2D eigenvalue weighted by atomic mass is 10.1. The zero-order valence-corrected chi connectivity index (χ0v) is 12.4. The van der Waals surface area contributed by atoms with Gasteiger partial charge in [-0.25, -0.2) is 4.79 Å². The molecule has 0 aromatic heterocycles.